The molecule has 1 N–H and O–H groups in total. The number of hydrogen-bond acceptors (Lipinski definition) is 6. The number of aromatic amines is 1. The molecule has 0 aromatic carbocycles. The van der Waals surface area contributed by atoms with Gasteiger partial charge in [0.25, 0.3) is 0 Å². The maximum Gasteiger partial charge on any atom is 0.136 e. The Morgan fingerprint density at radius 2 is 2.17 bits per heavy atom. The molecule has 29 heavy (non-hydrogen) atoms. The molecule has 0 radical (unpaired) electrons. The van der Waals surface area contributed by atoms with E-state index in [1.165, 1.54) is 0 Å². The van der Waals surface area contributed by atoms with Crippen molar-refractivity contribution in [2.75, 3.05) is 24.7 Å². The molecule has 4 aromatic rings. The first-order valence-electron chi connectivity index (χ1n) is 9.91. The van der Waals surface area contributed by atoms with Crippen LogP contribution in [-0.2, 0) is 18.3 Å². The highest BCUT2D eigenvalue weighted by molar-refractivity contribution is 5.99. The Morgan fingerprint density at radius 3 is 2.86 bits per heavy atom. The summed E-state index contributed by atoms with van der Waals surface area (Å²) in [4.78, 5) is 7.43. The quantitative estimate of drug-likeness (QED) is 0.574. The number of hydrogen-bond donors (Lipinski definition) is 1. The number of ether oxygens (including phenoxy) is 1. The number of nitrogens with one attached hydrogen (secondary N) is 1. The third kappa shape index (κ3) is 2.89. The van der Waals surface area contributed by atoms with Crippen LogP contribution in [0.1, 0.15) is 13.8 Å². The van der Waals surface area contributed by atoms with Crippen LogP contribution in [0.5, 0.6) is 0 Å². The fraction of sp³-hybridized carbons (Fsp3) is 0.400. The van der Waals surface area contributed by atoms with E-state index in [0.717, 1.165) is 52.6 Å². The van der Waals surface area contributed by atoms with Crippen molar-refractivity contribution in [1.29, 1.82) is 0 Å². The van der Waals surface area contributed by atoms with E-state index in [-0.39, 0.29) is 6.04 Å². The van der Waals surface area contributed by atoms with Gasteiger partial charge in [-0.15, -0.1) is 0 Å². The lowest BCUT2D eigenvalue weighted by Gasteiger charge is -2.35. The number of pyridine rings is 1. The van der Waals surface area contributed by atoms with Crippen molar-refractivity contribution in [3.63, 3.8) is 0 Å². The van der Waals surface area contributed by atoms with E-state index in [2.05, 4.69) is 40.1 Å². The standard InChI is InChI=1S/C20H24N8O/c1-4-28-20-17(27-9-10-29-12-13(27)2)11-15(16-6-8-22-26(16)3)23-19(20)18(25-28)14-5-7-21-24-14/h5-8,11,13H,4,9-10,12H2,1-3H3,(H,21,24)/t13-/m1/s1. The van der Waals surface area contributed by atoms with Crippen molar-refractivity contribution in [1.82, 2.24) is 34.7 Å². The topological polar surface area (TPSA) is 89.7 Å². The number of anilines is 1. The van der Waals surface area contributed by atoms with Gasteiger partial charge in [0.1, 0.15) is 16.7 Å². The van der Waals surface area contributed by atoms with Crippen LogP contribution in [0.15, 0.2) is 30.6 Å². The maximum absolute atomic E-state index is 5.68. The fourth-order valence-corrected chi connectivity index (χ4v) is 4.02. The van der Waals surface area contributed by atoms with Gasteiger partial charge in [-0.25, -0.2) is 4.98 Å². The number of nitrogens with zero attached hydrogens (tertiary/aromatic N) is 7. The number of aromatic nitrogens is 7. The van der Waals surface area contributed by atoms with Gasteiger partial charge < -0.3 is 9.64 Å². The lowest BCUT2D eigenvalue weighted by atomic mass is 10.1. The van der Waals surface area contributed by atoms with Crippen LogP contribution >= 0.6 is 0 Å². The zero-order valence-corrected chi connectivity index (χ0v) is 16.8. The van der Waals surface area contributed by atoms with Crippen LogP contribution in [-0.4, -0.2) is 60.5 Å². The Morgan fingerprint density at radius 1 is 1.28 bits per heavy atom. The molecule has 9 nitrogen and oxygen atoms in total. The molecule has 0 aliphatic carbocycles. The highest BCUT2D eigenvalue weighted by Gasteiger charge is 2.27. The molecule has 0 saturated carbocycles. The van der Waals surface area contributed by atoms with E-state index >= 15 is 0 Å². The Bertz CT molecular complexity index is 1140. The number of fused-ring (bicyclic) bond motifs is 1. The molecule has 0 amide bonds. The summed E-state index contributed by atoms with van der Waals surface area (Å²) >= 11 is 0. The monoisotopic (exact) mass is 392 g/mol. The van der Waals surface area contributed by atoms with Crippen molar-refractivity contribution in [3.8, 4) is 22.8 Å². The molecule has 5 rings (SSSR count). The average molecular weight is 392 g/mol. The third-order valence-electron chi connectivity index (χ3n) is 5.49. The van der Waals surface area contributed by atoms with Crippen molar-refractivity contribution >= 4 is 16.7 Å². The minimum absolute atomic E-state index is 0.268. The van der Waals surface area contributed by atoms with Crippen LogP contribution in [0.3, 0.4) is 0 Å². The third-order valence-corrected chi connectivity index (χ3v) is 5.49. The van der Waals surface area contributed by atoms with Crippen molar-refractivity contribution in [3.05, 3.63) is 30.6 Å². The van der Waals surface area contributed by atoms with Crippen molar-refractivity contribution in [2.45, 2.75) is 26.4 Å². The van der Waals surface area contributed by atoms with Gasteiger partial charge in [0, 0.05) is 38.6 Å². The minimum Gasteiger partial charge on any atom is -0.377 e. The van der Waals surface area contributed by atoms with E-state index in [4.69, 9.17) is 14.8 Å². The predicted molar refractivity (Wildman–Crippen MR) is 111 cm³/mol. The maximum atomic E-state index is 5.68. The molecule has 0 spiro atoms. The largest absolute Gasteiger partial charge is 0.377 e. The second kappa shape index (κ2) is 7.00. The molecule has 1 aliphatic heterocycles. The van der Waals surface area contributed by atoms with Crippen LogP contribution in [0, 0.1) is 0 Å². The van der Waals surface area contributed by atoms with Crippen LogP contribution in [0.2, 0.25) is 0 Å². The van der Waals surface area contributed by atoms with E-state index in [1.54, 1.807) is 12.4 Å². The number of morpholine rings is 1. The van der Waals surface area contributed by atoms with Crippen LogP contribution < -0.4 is 4.90 Å². The molecular weight excluding hydrogens is 368 g/mol. The van der Waals surface area contributed by atoms with Crippen molar-refractivity contribution < 1.29 is 4.74 Å². The average Bonchev–Trinajstić information content (AvgIpc) is 3.47. The van der Waals surface area contributed by atoms with E-state index in [9.17, 15) is 0 Å². The molecule has 5 heterocycles. The Labute approximate surface area is 168 Å². The number of rotatable bonds is 4. The lowest BCUT2D eigenvalue weighted by Crippen LogP contribution is -2.44. The van der Waals surface area contributed by atoms with Gasteiger partial charge in [0.15, 0.2) is 0 Å². The van der Waals surface area contributed by atoms with Gasteiger partial charge >= 0.3 is 0 Å². The van der Waals surface area contributed by atoms with Crippen molar-refractivity contribution in [2.24, 2.45) is 7.05 Å². The summed E-state index contributed by atoms with van der Waals surface area (Å²) in [6.07, 6.45) is 3.53. The van der Waals surface area contributed by atoms with E-state index in [1.807, 2.05) is 28.5 Å². The van der Waals surface area contributed by atoms with E-state index in [0.29, 0.717) is 13.2 Å². The zero-order valence-electron chi connectivity index (χ0n) is 16.8. The highest BCUT2D eigenvalue weighted by atomic mass is 16.5. The van der Waals surface area contributed by atoms with Gasteiger partial charge in [-0.05, 0) is 32.0 Å². The lowest BCUT2D eigenvalue weighted by molar-refractivity contribution is 0.0990. The number of H-pyrrole nitrogens is 1. The molecule has 9 heteroatoms. The molecule has 0 unspecified atom stereocenters. The first-order valence-corrected chi connectivity index (χ1v) is 9.91. The SMILES string of the molecule is CCn1nc(-c2ccn[nH]2)c2nc(-c3ccnn3C)cc(N3CCOC[C@H]3C)c21. The smallest absolute Gasteiger partial charge is 0.136 e. The highest BCUT2D eigenvalue weighted by Crippen LogP contribution is 2.36. The van der Waals surface area contributed by atoms with Crippen LogP contribution in [0.25, 0.3) is 33.8 Å². The molecular formula is C20H24N8O. The van der Waals surface area contributed by atoms with Gasteiger partial charge in [-0.3, -0.25) is 14.5 Å². The normalized spacial score (nSPS) is 17.3. The Balaban J connectivity index is 1.82. The molecule has 1 saturated heterocycles. The van der Waals surface area contributed by atoms with Gasteiger partial charge in [0.05, 0.1) is 36.0 Å². The molecule has 1 fully saturated rings. The van der Waals surface area contributed by atoms with E-state index < -0.39 is 0 Å². The summed E-state index contributed by atoms with van der Waals surface area (Å²) in [6, 6.07) is 6.34. The second-order valence-electron chi connectivity index (χ2n) is 7.32. The molecule has 1 atom stereocenters. The minimum atomic E-state index is 0.268. The van der Waals surface area contributed by atoms with Gasteiger partial charge in [-0.1, -0.05) is 0 Å². The fourth-order valence-electron chi connectivity index (χ4n) is 4.02. The molecule has 1 aliphatic rings. The summed E-state index contributed by atoms with van der Waals surface area (Å²) in [7, 11) is 1.93. The molecule has 0 bridgehead atoms. The summed E-state index contributed by atoms with van der Waals surface area (Å²) in [5.74, 6) is 0. The van der Waals surface area contributed by atoms with Gasteiger partial charge in [0.2, 0.25) is 0 Å². The first kappa shape index (κ1) is 17.9. The first-order chi connectivity index (χ1) is 14.2. The Hall–Kier alpha value is -3.20. The second-order valence-corrected chi connectivity index (χ2v) is 7.32. The summed E-state index contributed by atoms with van der Waals surface area (Å²) in [6.45, 7) is 7.30. The summed E-state index contributed by atoms with van der Waals surface area (Å²) in [5, 5.41) is 16.4. The summed E-state index contributed by atoms with van der Waals surface area (Å²) < 4.78 is 9.56. The van der Waals surface area contributed by atoms with Gasteiger partial charge in [-0.2, -0.15) is 15.3 Å². The Kier molecular flexibility index (Phi) is 4.31. The number of aryl methyl sites for hydroxylation is 2. The van der Waals surface area contributed by atoms with Crippen LogP contribution in [0.4, 0.5) is 5.69 Å². The molecule has 150 valence electrons. The zero-order chi connectivity index (χ0) is 20.0. The predicted octanol–water partition coefficient (Wildman–Crippen LogP) is 2.47. The summed E-state index contributed by atoms with van der Waals surface area (Å²) in [5.41, 5.74) is 6.54. The molecule has 4 aromatic heterocycles.